The van der Waals surface area contributed by atoms with E-state index in [4.69, 9.17) is 14.7 Å². The van der Waals surface area contributed by atoms with Gasteiger partial charge in [0, 0.05) is 23.7 Å². The fourth-order valence-corrected chi connectivity index (χ4v) is 2.09. The lowest BCUT2D eigenvalue weighted by molar-refractivity contribution is 0.390. The van der Waals surface area contributed by atoms with Crippen LogP contribution < -0.4 is 14.8 Å². The van der Waals surface area contributed by atoms with Crippen LogP contribution in [0.5, 0.6) is 11.5 Å². The molecule has 2 aromatic carbocycles. The molecule has 0 aliphatic carbocycles. The topological polar surface area (TPSA) is 54.3 Å². The standard InChI is InChI=1S/C19H17FN2O2/c1-23-17-7-6-15(19(11-17)24-2)13-22-9-3-4-14-5-8-18(20)16(10-14)12-21/h5-8,10-11,22H,9,13H2,1-2H3. The Labute approximate surface area is 140 Å². The lowest BCUT2D eigenvalue weighted by Crippen LogP contribution is -2.14. The van der Waals surface area contributed by atoms with Crippen molar-refractivity contribution < 1.29 is 13.9 Å². The van der Waals surface area contributed by atoms with Crippen LogP contribution >= 0.6 is 0 Å². The zero-order valence-electron chi connectivity index (χ0n) is 13.5. The number of benzene rings is 2. The van der Waals surface area contributed by atoms with Gasteiger partial charge < -0.3 is 14.8 Å². The molecule has 24 heavy (non-hydrogen) atoms. The Bertz CT molecular complexity index is 816. The number of halogens is 1. The minimum absolute atomic E-state index is 0.00210. The van der Waals surface area contributed by atoms with Gasteiger partial charge in [0.2, 0.25) is 0 Å². The van der Waals surface area contributed by atoms with Crippen molar-refractivity contribution >= 4 is 0 Å². The Morgan fingerprint density at radius 3 is 2.67 bits per heavy atom. The molecule has 0 aliphatic rings. The molecule has 0 saturated carbocycles. The summed E-state index contributed by atoms with van der Waals surface area (Å²) in [5.41, 5.74) is 1.60. The SMILES string of the molecule is COc1ccc(CNCC#Cc2ccc(F)c(C#N)c2)c(OC)c1. The summed E-state index contributed by atoms with van der Waals surface area (Å²) in [6, 6.07) is 11.7. The number of nitrogens with one attached hydrogen (secondary N) is 1. The van der Waals surface area contributed by atoms with E-state index in [1.165, 1.54) is 12.1 Å². The molecule has 2 aromatic rings. The molecule has 0 spiro atoms. The average molecular weight is 324 g/mol. The number of nitriles is 1. The maximum absolute atomic E-state index is 13.2. The average Bonchev–Trinajstić information content (AvgIpc) is 2.62. The fourth-order valence-electron chi connectivity index (χ4n) is 2.09. The summed E-state index contributed by atoms with van der Waals surface area (Å²) in [7, 11) is 3.22. The van der Waals surface area contributed by atoms with Gasteiger partial charge in [-0.25, -0.2) is 4.39 Å². The maximum Gasteiger partial charge on any atom is 0.141 e. The number of methoxy groups -OCH3 is 2. The van der Waals surface area contributed by atoms with E-state index in [1.807, 2.05) is 18.2 Å². The summed E-state index contributed by atoms with van der Waals surface area (Å²) in [5, 5.41) is 12.0. The molecular formula is C19H17FN2O2. The Hall–Kier alpha value is -3.02. The molecule has 0 fully saturated rings. The van der Waals surface area contributed by atoms with Gasteiger partial charge in [0.05, 0.1) is 26.3 Å². The quantitative estimate of drug-likeness (QED) is 0.679. The molecule has 122 valence electrons. The third-order valence-electron chi connectivity index (χ3n) is 3.34. The van der Waals surface area contributed by atoms with E-state index in [0.717, 1.165) is 17.1 Å². The zero-order valence-corrected chi connectivity index (χ0v) is 13.5. The van der Waals surface area contributed by atoms with Crippen molar-refractivity contribution in [3.05, 3.63) is 58.9 Å². The molecule has 0 bridgehead atoms. The van der Waals surface area contributed by atoms with Crippen molar-refractivity contribution in [2.45, 2.75) is 6.54 Å². The number of nitrogens with zero attached hydrogens (tertiary/aromatic N) is 1. The molecule has 0 unspecified atom stereocenters. The molecule has 0 aliphatic heterocycles. The van der Waals surface area contributed by atoms with E-state index in [2.05, 4.69) is 17.2 Å². The van der Waals surface area contributed by atoms with Gasteiger partial charge in [-0.1, -0.05) is 17.9 Å². The highest BCUT2D eigenvalue weighted by molar-refractivity contribution is 5.43. The van der Waals surface area contributed by atoms with Gasteiger partial charge in [-0.2, -0.15) is 5.26 Å². The first-order valence-corrected chi connectivity index (χ1v) is 7.28. The molecule has 1 N–H and O–H groups in total. The van der Waals surface area contributed by atoms with Crippen LogP contribution in [0, 0.1) is 29.0 Å². The highest BCUT2D eigenvalue weighted by Gasteiger charge is 2.04. The van der Waals surface area contributed by atoms with Crippen molar-refractivity contribution in [1.82, 2.24) is 5.32 Å². The normalized spacial score (nSPS) is 9.58. The molecule has 0 atom stereocenters. The van der Waals surface area contributed by atoms with Gasteiger partial charge in [-0.15, -0.1) is 0 Å². The van der Waals surface area contributed by atoms with Gasteiger partial charge in [0.15, 0.2) is 0 Å². The largest absolute Gasteiger partial charge is 0.497 e. The van der Waals surface area contributed by atoms with Crippen molar-refractivity contribution in [1.29, 1.82) is 5.26 Å². The van der Waals surface area contributed by atoms with E-state index in [9.17, 15) is 4.39 Å². The summed E-state index contributed by atoms with van der Waals surface area (Å²) in [4.78, 5) is 0. The first-order valence-electron chi connectivity index (χ1n) is 7.28. The number of hydrogen-bond donors (Lipinski definition) is 1. The lowest BCUT2D eigenvalue weighted by Gasteiger charge is -2.10. The van der Waals surface area contributed by atoms with E-state index >= 15 is 0 Å². The second-order valence-corrected chi connectivity index (χ2v) is 4.89. The number of ether oxygens (including phenoxy) is 2. The summed E-state index contributed by atoms with van der Waals surface area (Å²) in [6.45, 7) is 1.04. The smallest absolute Gasteiger partial charge is 0.141 e. The van der Waals surface area contributed by atoms with E-state index in [-0.39, 0.29) is 5.56 Å². The minimum atomic E-state index is -0.534. The van der Waals surface area contributed by atoms with Gasteiger partial charge in [-0.3, -0.25) is 0 Å². The summed E-state index contributed by atoms with van der Waals surface area (Å²) in [5.74, 6) is 6.79. The molecule has 0 amide bonds. The lowest BCUT2D eigenvalue weighted by atomic mass is 10.1. The molecule has 5 heteroatoms. The zero-order chi connectivity index (χ0) is 17.4. The predicted octanol–water partition coefficient (Wildman–Crippen LogP) is 2.86. The monoisotopic (exact) mass is 324 g/mol. The Balaban J connectivity index is 1.93. The van der Waals surface area contributed by atoms with E-state index < -0.39 is 5.82 Å². The fraction of sp³-hybridized carbons (Fsp3) is 0.211. The summed E-state index contributed by atoms with van der Waals surface area (Å²) in [6.07, 6.45) is 0. The first kappa shape index (κ1) is 17.3. The van der Waals surface area contributed by atoms with Crippen LogP contribution in [-0.4, -0.2) is 20.8 Å². The molecule has 4 nitrogen and oxygen atoms in total. The molecule has 0 saturated heterocycles. The van der Waals surface area contributed by atoms with E-state index in [1.54, 1.807) is 26.4 Å². The third kappa shape index (κ3) is 4.49. The van der Waals surface area contributed by atoms with Crippen molar-refractivity contribution in [2.75, 3.05) is 20.8 Å². The van der Waals surface area contributed by atoms with Gasteiger partial charge in [0.1, 0.15) is 23.4 Å². The minimum Gasteiger partial charge on any atom is -0.497 e. The van der Waals surface area contributed by atoms with Gasteiger partial charge in [-0.05, 0) is 24.3 Å². The van der Waals surface area contributed by atoms with Crippen molar-refractivity contribution in [3.63, 3.8) is 0 Å². The summed E-state index contributed by atoms with van der Waals surface area (Å²) >= 11 is 0. The Morgan fingerprint density at radius 2 is 1.96 bits per heavy atom. The second kappa shape index (κ2) is 8.57. The van der Waals surface area contributed by atoms with Crippen LogP contribution in [0.4, 0.5) is 4.39 Å². The van der Waals surface area contributed by atoms with Crippen LogP contribution in [-0.2, 0) is 6.54 Å². The molecule has 2 rings (SSSR count). The van der Waals surface area contributed by atoms with E-state index in [0.29, 0.717) is 18.7 Å². The Kier molecular flexibility index (Phi) is 6.19. The van der Waals surface area contributed by atoms with Gasteiger partial charge in [0.25, 0.3) is 0 Å². The van der Waals surface area contributed by atoms with Crippen LogP contribution in [0.25, 0.3) is 0 Å². The molecule has 0 aromatic heterocycles. The van der Waals surface area contributed by atoms with Crippen LogP contribution in [0.1, 0.15) is 16.7 Å². The van der Waals surface area contributed by atoms with Crippen molar-refractivity contribution in [2.24, 2.45) is 0 Å². The van der Waals surface area contributed by atoms with Crippen molar-refractivity contribution in [3.8, 4) is 29.4 Å². The van der Waals surface area contributed by atoms with Crippen LogP contribution in [0.3, 0.4) is 0 Å². The van der Waals surface area contributed by atoms with Crippen LogP contribution in [0.15, 0.2) is 36.4 Å². The second-order valence-electron chi connectivity index (χ2n) is 4.89. The molecular weight excluding hydrogens is 307 g/mol. The van der Waals surface area contributed by atoms with Gasteiger partial charge >= 0.3 is 0 Å². The number of hydrogen-bond acceptors (Lipinski definition) is 4. The predicted molar refractivity (Wildman–Crippen MR) is 89.2 cm³/mol. The molecule has 0 heterocycles. The Morgan fingerprint density at radius 1 is 1.12 bits per heavy atom. The van der Waals surface area contributed by atoms with Crippen LogP contribution in [0.2, 0.25) is 0 Å². The third-order valence-corrected chi connectivity index (χ3v) is 3.34. The highest BCUT2D eigenvalue weighted by Crippen LogP contribution is 2.24. The molecule has 0 radical (unpaired) electrons. The first-order chi connectivity index (χ1) is 11.7. The number of rotatable bonds is 5. The summed E-state index contributed by atoms with van der Waals surface area (Å²) < 4.78 is 23.7. The highest BCUT2D eigenvalue weighted by atomic mass is 19.1. The maximum atomic E-state index is 13.2.